The third-order valence-electron chi connectivity index (χ3n) is 3.97. The molecule has 0 spiro atoms. The van der Waals surface area contributed by atoms with Gasteiger partial charge in [0.2, 0.25) is 5.88 Å². The van der Waals surface area contributed by atoms with Gasteiger partial charge in [0.25, 0.3) is 0 Å². The zero-order valence-electron chi connectivity index (χ0n) is 10.6. The highest BCUT2D eigenvalue weighted by Gasteiger charge is 2.36. The van der Waals surface area contributed by atoms with Gasteiger partial charge in [-0.2, -0.15) is 4.98 Å². The number of aromatic amines is 1. The number of ether oxygens (including phenoxy) is 1. The standard InChI is InChI=1S/C13H18N4O/c1-18-11-4-3-9-12(17-11)16-10(15-9)7-13(8-14)5-2-6-13/h3-4H,2,5-8,14H2,1H3,(H,15,16,17). The lowest BCUT2D eigenvalue weighted by atomic mass is 9.66. The van der Waals surface area contributed by atoms with Crippen LogP contribution in [0.1, 0.15) is 25.1 Å². The first kappa shape index (κ1) is 11.5. The molecular weight excluding hydrogens is 228 g/mol. The van der Waals surface area contributed by atoms with Crippen molar-refractivity contribution in [1.82, 2.24) is 15.0 Å². The van der Waals surface area contributed by atoms with Crippen molar-refractivity contribution in [2.75, 3.05) is 13.7 Å². The van der Waals surface area contributed by atoms with Crippen LogP contribution >= 0.6 is 0 Å². The van der Waals surface area contributed by atoms with Crippen LogP contribution in [-0.2, 0) is 6.42 Å². The first-order chi connectivity index (χ1) is 8.74. The molecule has 0 amide bonds. The van der Waals surface area contributed by atoms with E-state index in [2.05, 4.69) is 15.0 Å². The predicted molar refractivity (Wildman–Crippen MR) is 69.5 cm³/mol. The van der Waals surface area contributed by atoms with Crippen LogP contribution in [-0.4, -0.2) is 28.6 Å². The zero-order valence-corrected chi connectivity index (χ0v) is 10.6. The monoisotopic (exact) mass is 246 g/mol. The van der Waals surface area contributed by atoms with Crippen LogP contribution in [0.4, 0.5) is 0 Å². The molecule has 3 rings (SSSR count). The molecule has 1 fully saturated rings. The summed E-state index contributed by atoms with van der Waals surface area (Å²) < 4.78 is 5.10. The summed E-state index contributed by atoms with van der Waals surface area (Å²) in [6.07, 6.45) is 4.61. The minimum atomic E-state index is 0.262. The Bertz CT molecular complexity index is 554. The average molecular weight is 246 g/mol. The molecule has 5 nitrogen and oxygen atoms in total. The SMILES string of the molecule is COc1ccc2[nH]c(CC3(CN)CCC3)nc2n1. The number of nitrogens with one attached hydrogen (secondary N) is 1. The molecule has 2 heterocycles. The summed E-state index contributed by atoms with van der Waals surface area (Å²) in [4.78, 5) is 12.2. The smallest absolute Gasteiger partial charge is 0.215 e. The van der Waals surface area contributed by atoms with Crippen LogP contribution in [0.5, 0.6) is 5.88 Å². The van der Waals surface area contributed by atoms with Crippen molar-refractivity contribution in [2.45, 2.75) is 25.7 Å². The van der Waals surface area contributed by atoms with Crippen molar-refractivity contribution in [1.29, 1.82) is 0 Å². The molecule has 0 radical (unpaired) electrons. The Balaban J connectivity index is 1.88. The second kappa shape index (κ2) is 4.24. The molecule has 1 saturated carbocycles. The quantitative estimate of drug-likeness (QED) is 0.859. The summed E-state index contributed by atoms with van der Waals surface area (Å²) in [6.45, 7) is 0.737. The topological polar surface area (TPSA) is 76.8 Å². The Labute approximate surface area is 106 Å². The Hall–Kier alpha value is -1.62. The lowest BCUT2D eigenvalue weighted by Gasteiger charge is -2.40. The van der Waals surface area contributed by atoms with Gasteiger partial charge in [-0.15, -0.1) is 0 Å². The lowest BCUT2D eigenvalue weighted by molar-refractivity contribution is 0.142. The third kappa shape index (κ3) is 1.84. The van der Waals surface area contributed by atoms with E-state index in [9.17, 15) is 0 Å². The van der Waals surface area contributed by atoms with Crippen LogP contribution in [0.15, 0.2) is 12.1 Å². The van der Waals surface area contributed by atoms with Crippen LogP contribution in [0.3, 0.4) is 0 Å². The fourth-order valence-electron chi connectivity index (χ4n) is 2.61. The average Bonchev–Trinajstić information content (AvgIpc) is 2.74. The van der Waals surface area contributed by atoms with E-state index in [0.29, 0.717) is 5.88 Å². The maximum absolute atomic E-state index is 5.88. The van der Waals surface area contributed by atoms with Crippen molar-refractivity contribution in [2.24, 2.45) is 11.1 Å². The number of nitrogens with two attached hydrogens (primary N) is 1. The molecule has 3 N–H and O–H groups in total. The van der Waals surface area contributed by atoms with Gasteiger partial charge in [0, 0.05) is 12.5 Å². The summed E-state index contributed by atoms with van der Waals surface area (Å²) in [6, 6.07) is 3.79. The number of pyridine rings is 1. The normalized spacial score (nSPS) is 17.7. The minimum absolute atomic E-state index is 0.262. The van der Waals surface area contributed by atoms with Gasteiger partial charge in [-0.05, 0) is 30.9 Å². The van der Waals surface area contributed by atoms with Crippen LogP contribution in [0.25, 0.3) is 11.2 Å². The molecule has 2 aromatic rings. The number of fused-ring (bicyclic) bond motifs is 1. The number of methoxy groups -OCH3 is 1. The summed E-state index contributed by atoms with van der Waals surface area (Å²) in [5.74, 6) is 1.58. The molecule has 2 aromatic heterocycles. The number of H-pyrrole nitrogens is 1. The highest BCUT2D eigenvalue weighted by atomic mass is 16.5. The molecule has 0 bridgehead atoms. The number of nitrogens with zero attached hydrogens (tertiary/aromatic N) is 2. The van der Waals surface area contributed by atoms with Crippen LogP contribution < -0.4 is 10.5 Å². The van der Waals surface area contributed by atoms with Gasteiger partial charge in [-0.3, -0.25) is 0 Å². The van der Waals surface area contributed by atoms with E-state index in [4.69, 9.17) is 10.5 Å². The van der Waals surface area contributed by atoms with E-state index in [-0.39, 0.29) is 5.41 Å². The number of imidazole rings is 1. The number of aromatic nitrogens is 3. The van der Waals surface area contributed by atoms with Crippen molar-refractivity contribution in [3.05, 3.63) is 18.0 Å². The molecule has 0 saturated heterocycles. The Morgan fingerprint density at radius 1 is 1.39 bits per heavy atom. The van der Waals surface area contributed by atoms with E-state index in [0.717, 1.165) is 30.0 Å². The summed E-state index contributed by atoms with van der Waals surface area (Å²) in [7, 11) is 1.61. The fraction of sp³-hybridized carbons (Fsp3) is 0.538. The fourth-order valence-corrected chi connectivity index (χ4v) is 2.61. The molecular formula is C13H18N4O. The highest BCUT2D eigenvalue weighted by molar-refractivity contribution is 5.71. The van der Waals surface area contributed by atoms with Crippen molar-refractivity contribution in [3.63, 3.8) is 0 Å². The molecule has 96 valence electrons. The van der Waals surface area contributed by atoms with E-state index >= 15 is 0 Å². The number of rotatable bonds is 4. The summed E-state index contributed by atoms with van der Waals surface area (Å²) in [5.41, 5.74) is 7.82. The van der Waals surface area contributed by atoms with Gasteiger partial charge < -0.3 is 15.5 Å². The van der Waals surface area contributed by atoms with Crippen molar-refractivity contribution >= 4 is 11.2 Å². The van der Waals surface area contributed by atoms with Gasteiger partial charge >= 0.3 is 0 Å². The Morgan fingerprint density at radius 3 is 2.83 bits per heavy atom. The molecule has 0 aliphatic heterocycles. The van der Waals surface area contributed by atoms with E-state index in [1.54, 1.807) is 7.11 Å². The van der Waals surface area contributed by atoms with E-state index < -0.39 is 0 Å². The molecule has 0 unspecified atom stereocenters. The lowest BCUT2D eigenvalue weighted by Crippen LogP contribution is -2.39. The largest absolute Gasteiger partial charge is 0.481 e. The molecule has 0 aromatic carbocycles. The van der Waals surface area contributed by atoms with Gasteiger partial charge in [-0.1, -0.05) is 6.42 Å². The van der Waals surface area contributed by atoms with Crippen LogP contribution in [0.2, 0.25) is 0 Å². The first-order valence-corrected chi connectivity index (χ1v) is 6.34. The summed E-state index contributed by atoms with van der Waals surface area (Å²) in [5, 5.41) is 0. The summed E-state index contributed by atoms with van der Waals surface area (Å²) >= 11 is 0. The highest BCUT2D eigenvalue weighted by Crippen LogP contribution is 2.42. The maximum atomic E-state index is 5.88. The maximum Gasteiger partial charge on any atom is 0.215 e. The van der Waals surface area contributed by atoms with Gasteiger partial charge in [0.05, 0.1) is 12.6 Å². The minimum Gasteiger partial charge on any atom is -0.481 e. The van der Waals surface area contributed by atoms with Crippen molar-refractivity contribution < 1.29 is 4.74 Å². The van der Waals surface area contributed by atoms with E-state index in [1.165, 1.54) is 19.3 Å². The zero-order chi connectivity index (χ0) is 12.6. The molecule has 5 heteroatoms. The van der Waals surface area contributed by atoms with Crippen molar-refractivity contribution in [3.8, 4) is 5.88 Å². The number of hydrogen-bond acceptors (Lipinski definition) is 4. The molecule has 1 aliphatic carbocycles. The Morgan fingerprint density at radius 2 is 2.22 bits per heavy atom. The molecule has 0 atom stereocenters. The van der Waals surface area contributed by atoms with Gasteiger partial charge in [-0.25, -0.2) is 4.98 Å². The molecule has 18 heavy (non-hydrogen) atoms. The molecule has 1 aliphatic rings. The predicted octanol–water partition coefficient (Wildman–Crippen LogP) is 1.64. The first-order valence-electron chi connectivity index (χ1n) is 6.34. The number of hydrogen-bond donors (Lipinski definition) is 2. The van der Waals surface area contributed by atoms with Gasteiger partial charge in [0.15, 0.2) is 5.65 Å². The van der Waals surface area contributed by atoms with E-state index in [1.807, 2.05) is 12.1 Å². The van der Waals surface area contributed by atoms with Crippen LogP contribution in [0, 0.1) is 5.41 Å². The second-order valence-corrected chi connectivity index (χ2v) is 5.14. The third-order valence-corrected chi connectivity index (χ3v) is 3.97. The Kier molecular flexibility index (Phi) is 2.70. The van der Waals surface area contributed by atoms with Gasteiger partial charge in [0.1, 0.15) is 5.82 Å². The second-order valence-electron chi connectivity index (χ2n) is 5.14.